The van der Waals surface area contributed by atoms with Crippen LogP contribution < -0.4 is 0 Å². The van der Waals surface area contributed by atoms with Gasteiger partial charge in [0.25, 0.3) is 0 Å². The van der Waals surface area contributed by atoms with Crippen molar-refractivity contribution < 1.29 is 9.16 Å². The van der Waals surface area contributed by atoms with Crippen molar-refractivity contribution in [1.82, 2.24) is 0 Å². The Balaban J connectivity index is 4.47. The van der Waals surface area contributed by atoms with Gasteiger partial charge in [0.15, 0.2) is 0 Å². The highest BCUT2D eigenvalue weighted by atomic mass is 28.4. The van der Waals surface area contributed by atoms with Gasteiger partial charge in [0.05, 0.1) is 13.4 Å². The Kier molecular flexibility index (Phi) is 4.84. The summed E-state index contributed by atoms with van der Waals surface area (Å²) in [5.41, 5.74) is 1.03. The van der Waals surface area contributed by atoms with E-state index in [4.69, 9.17) is 9.16 Å². The number of rotatable bonds is 4. The molecule has 13 heavy (non-hydrogen) atoms. The van der Waals surface area contributed by atoms with E-state index in [9.17, 15) is 0 Å². The Morgan fingerprint density at radius 2 is 1.77 bits per heavy atom. The third-order valence-electron chi connectivity index (χ3n) is 1.36. The standard InChI is InChI=1S/C10H20O2Si/c1-7-10(9(2)8-11-3)12-13(4,5)6/h7-8H,1-6H3/b9-8+,10-7-. The summed E-state index contributed by atoms with van der Waals surface area (Å²) in [6, 6.07) is 0. The third kappa shape index (κ3) is 5.52. The van der Waals surface area contributed by atoms with Gasteiger partial charge in [0.1, 0.15) is 5.76 Å². The summed E-state index contributed by atoms with van der Waals surface area (Å²) in [5.74, 6) is 0.931. The molecule has 0 aliphatic rings. The quantitative estimate of drug-likeness (QED) is 0.394. The van der Waals surface area contributed by atoms with E-state index in [-0.39, 0.29) is 0 Å². The Morgan fingerprint density at radius 1 is 1.23 bits per heavy atom. The van der Waals surface area contributed by atoms with E-state index in [1.807, 2.05) is 19.9 Å². The van der Waals surface area contributed by atoms with Crippen molar-refractivity contribution in [3.8, 4) is 0 Å². The first kappa shape index (κ1) is 12.3. The Hall–Kier alpha value is -0.703. The molecule has 2 nitrogen and oxygen atoms in total. The van der Waals surface area contributed by atoms with Gasteiger partial charge < -0.3 is 9.16 Å². The summed E-state index contributed by atoms with van der Waals surface area (Å²) in [6.07, 6.45) is 3.68. The van der Waals surface area contributed by atoms with Gasteiger partial charge >= 0.3 is 0 Å². The van der Waals surface area contributed by atoms with E-state index < -0.39 is 8.32 Å². The van der Waals surface area contributed by atoms with Gasteiger partial charge in [-0.1, -0.05) is 0 Å². The number of methoxy groups -OCH3 is 1. The predicted molar refractivity (Wildman–Crippen MR) is 59.0 cm³/mol. The van der Waals surface area contributed by atoms with Crippen molar-refractivity contribution in [2.75, 3.05) is 7.11 Å². The molecular formula is C10H20O2Si. The Labute approximate surface area is 82.4 Å². The lowest BCUT2D eigenvalue weighted by molar-refractivity contribution is 0.329. The van der Waals surface area contributed by atoms with Crippen molar-refractivity contribution in [2.24, 2.45) is 0 Å². The number of hydrogen-bond donors (Lipinski definition) is 0. The summed E-state index contributed by atoms with van der Waals surface area (Å²) in [7, 11) is 0.146. The molecule has 0 aromatic heterocycles. The second-order valence-corrected chi connectivity index (χ2v) is 8.33. The second kappa shape index (κ2) is 5.12. The van der Waals surface area contributed by atoms with Crippen LogP contribution in [0.5, 0.6) is 0 Å². The van der Waals surface area contributed by atoms with Gasteiger partial charge in [-0.15, -0.1) is 0 Å². The highest BCUT2D eigenvalue weighted by Crippen LogP contribution is 2.17. The van der Waals surface area contributed by atoms with Crippen molar-refractivity contribution in [3.05, 3.63) is 23.7 Å². The monoisotopic (exact) mass is 200 g/mol. The minimum atomic E-state index is -1.50. The molecule has 0 aliphatic heterocycles. The lowest BCUT2D eigenvalue weighted by Gasteiger charge is -2.21. The fourth-order valence-electron chi connectivity index (χ4n) is 0.932. The van der Waals surface area contributed by atoms with Crippen LogP contribution in [-0.4, -0.2) is 15.4 Å². The predicted octanol–water partition coefficient (Wildman–Crippen LogP) is 3.29. The molecule has 0 spiro atoms. The molecule has 0 amide bonds. The van der Waals surface area contributed by atoms with Gasteiger partial charge in [0.2, 0.25) is 8.32 Å². The van der Waals surface area contributed by atoms with Gasteiger partial charge in [-0.2, -0.15) is 0 Å². The van der Waals surface area contributed by atoms with Crippen LogP contribution in [0.1, 0.15) is 13.8 Å². The van der Waals surface area contributed by atoms with Crippen LogP contribution in [0.25, 0.3) is 0 Å². The molecule has 0 bridgehead atoms. The summed E-state index contributed by atoms with van der Waals surface area (Å²) in [5, 5.41) is 0. The summed E-state index contributed by atoms with van der Waals surface area (Å²) >= 11 is 0. The average molecular weight is 200 g/mol. The van der Waals surface area contributed by atoms with Gasteiger partial charge in [-0.3, -0.25) is 0 Å². The Bertz CT molecular complexity index is 211. The lowest BCUT2D eigenvalue weighted by Crippen LogP contribution is -2.25. The maximum absolute atomic E-state index is 5.85. The molecule has 0 aromatic carbocycles. The first-order valence-corrected chi connectivity index (χ1v) is 7.87. The molecule has 0 fully saturated rings. The molecule has 76 valence electrons. The fraction of sp³-hybridized carbons (Fsp3) is 0.600. The first-order valence-electron chi connectivity index (χ1n) is 4.46. The molecule has 0 aliphatic carbocycles. The van der Waals surface area contributed by atoms with Gasteiger partial charge in [-0.25, -0.2) is 0 Å². The van der Waals surface area contributed by atoms with Crippen LogP contribution in [-0.2, 0) is 9.16 Å². The largest absolute Gasteiger partial charge is 0.544 e. The Morgan fingerprint density at radius 3 is 2.08 bits per heavy atom. The maximum atomic E-state index is 5.85. The number of ether oxygens (including phenoxy) is 1. The molecule has 0 saturated carbocycles. The minimum absolute atomic E-state index is 0.931. The van der Waals surface area contributed by atoms with E-state index in [0.717, 1.165) is 11.3 Å². The molecular weight excluding hydrogens is 180 g/mol. The topological polar surface area (TPSA) is 18.5 Å². The zero-order valence-corrected chi connectivity index (χ0v) is 10.5. The molecule has 0 unspecified atom stereocenters. The normalized spacial score (nSPS) is 14.3. The number of allylic oxidation sites excluding steroid dienone is 2. The molecule has 0 rings (SSSR count). The molecule has 0 aromatic rings. The van der Waals surface area contributed by atoms with Crippen LogP contribution >= 0.6 is 0 Å². The maximum Gasteiger partial charge on any atom is 0.242 e. The van der Waals surface area contributed by atoms with E-state index in [1.54, 1.807) is 13.4 Å². The smallest absolute Gasteiger partial charge is 0.242 e. The molecule has 0 heterocycles. The van der Waals surface area contributed by atoms with E-state index in [0.29, 0.717) is 0 Å². The molecule has 0 N–H and O–H groups in total. The van der Waals surface area contributed by atoms with Crippen LogP contribution in [0, 0.1) is 0 Å². The van der Waals surface area contributed by atoms with Crippen LogP contribution in [0.3, 0.4) is 0 Å². The third-order valence-corrected chi connectivity index (χ3v) is 2.19. The van der Waals surface area contributed by atoms with E-state index in [1.165, 1.54) is 0 Å². The molecule has 0 saturated heterocycles. The van der Waals surface area contributed by atoms with Crippen LogP contribution in [0.4, 0.5) is 0 Å². The summed E-state index contributed by atoms with van der Waals surface area (Å²) in [6.45, 7) is 10.4. The highest BCUT2D eigenvalue weighted by Gasteiger charge is 2.17. The lowest BCUT2D eigenvalue weighted by atomic mass is 10.3. The SMILES string of the molecule is C/C=C(O[Si](C)(C)C)/C(C)=C/OC. The first-order chi connectivity index (χ1) is 5.90. The summed E-state index contributed by atoms with van der Waals surface area (Å²) in [4.78, 5) is 0. The van der Waals surface area contributed by atoms with E-state index >= 15 is 0 Å². The zero-order valence-electron chi connectivity index (χ0n) is 9.47. The van der Waals surface area contributed by atoms with Crippen molar-refractivity contribution in [3.63, 3.8) is 0 Å². The van der Waals surface area contributed by atoms with Gasteiger partial charge in [-0.05, 0) is 39.6 Å². The van der Waals surface area contributed by atoms with Crippen molar-refractivity contribution >= 4 is 8.32 Å². The number of hydrogen-bond acceptors (Lipinski definition) is 2. The highest BCUT2D eigenvalue weighted by molar-refractivity contribution is 6.70. The summed E-state index contributed by atoms with van der Waals surface area (Å²) < 4.78 is 10.8. The molecule has 0 radical (unpaired) electrons. The molecule has 3 heteroatoms. The average Bonchev–Trinajstić information content (AvgIpc) is 1.99. The van der Waals surface area contributed by atoms with Crippen molar-refractivity contribution in [1.29, 1.82) is 0 Å². The minimum Gasteiger partial charge on any atom is -0.544 e. The van der Waals surface area contributed by atoms with Gasteiger partial charge in [0, 0.05) is 5.57 Å². The van der Waals surface area contributed by atoms with Crippen molar-refractivity contribution in [2.45, 2.75) is 33.5 Å². The van der Waals surface area contributed by atoms with Crippen LogP contribution in [0.2, 0.25) is 19.6 Å². The zero-order chi connectivity index (χ0) is 10.5. The van der Waals surface area contributed by atoms with E-state index in [2.05, 4.69) is 19.6 Å². The molecule has 0 atom stereocenters. The fourth-order valence-corrected chi connectivity index (χ4v) is 1.87. The van der Waals surface area contributed by atoms with Crippen LogP contribution in [0.15, 0.2) is 23.7 Å². The second-order valence-electron chi connectivity index (χ2n) is 3.90.